The van der Waals surface area contributed by atoms with E-state index in [1.54, 1.807) is 4.90 Å². The number of hydrogen-bond acceptors (Lipinski definition) is 5. The second kappa shape index (κ2) is 7.22. The first-order valence-electron chi connectivity index (χ1n) is 10.7. The van der Waals surface area contributed by atoms with Crippen molar-refractivity contribution in [1.82, 2.24) is 15.1 Å². The van der Waals surface area contributed by atoms with Crippen molar-refractivity contribution in [1.29, 1.82) is 0 Å². The van der Waals surface area contributed by atoms with E-state index in [0.29, 0.717) is 24.9 Å². The minimum atomic E-state index is -0.559. The summed E-state index contributed by atoms with van der Waals surface area (Å²) in [6.07, 6.45) is 4.11. The smallest absolute Gasteiger partial charge is 0.255 e. The Labute approximate surface area is 170 Å². The molecule has 0 radical (unpaired) electrons. The molecule has 3 N–H and O–H groups in total. The zero-order chi connectivity index (χ0) is 20.1. The Balaban J connectivity index is 1.33. The van der Waals surface area contributed by atoms with Crippen molar-refractivity contribution in [3.63, 3.8) is 0 Å². The van der Waals surface area contributed by atoms with Crippen LogP contribution < -0.4 is 11.1 Å². The second-order valence-electron chi connectivity index (χ2n) is 9.14. The van der Waals surface area contributed by atoms with Crippen molar-refractivity contribution in [2.75, 3.05) is 13.1 Å². The number of amides is 3. The van der Waals surface area contributed by atoms with Crippen LogP contribution in [0.15, 0.2) is 18.2 Å². The average molecular weight is 396 g/mol. The van der Waals surface area contributed by atoms with Gasteiger partial charge in [0.1, 0.15) is 6.04 Å². The Kier molecular flexibility index (Phi) is 4.67. The number of nitrogens with one attached hydrogen (secondary N) is 1. The predicted octanol–water partition coefficient (Wildman–Crippen LogP) is 1.01. The minimum Gasteiger partial charge on any atom is -0.328 e. The minimum absolute atomic E-state index is 0.0799. The number of rotatable bonds is 3. The lowest BCUT2D eigenvalue weighted by molar-refractivity contribution is -0.136. The summed E-state index contributed by atoms with van der Waals surface area (Å²) in [5.41, 5.74) is 8.95. The lowest BCUT2D eigenvalue weighted by atomic mass is 9.79. The summed E-state index contributed by atoms with van der Waals surface area (Å²) in [5, 5.41) is 2.37. The van der Waals surface area contributed by atoms with Crippen LogP contribution in [0.1, 0.15) is 53.6 Å². The first-order valence-corrected chi connectivity index (χ1v) is 10.7. The van der Waals surface area contributed by atoms with Crippen LogP contribution in [-0.2, 0) is 22.7 Å². The van der Waals surface area contributed by atoms with Crippen LogP contribution in [0, 0.1) is 11.8 Å². The molecule has 1 aliphatic carbocycles. The van der Waals surface area contributed by atoms with Gasteiger partial charge in [-0.1, -0.05) is 18.2 Å². The van der Waals surface area contributed by atoms with Gasteiger partial charge in [-0.25, -0.2) is 0 Å². The maximum atomic E-state index is 13.2. The molecule has 4 atom stereocenters. The first kappa shape index (κ1) is 18.8. The van der Waals surface area contributed by atoms with E-state index in [9.17, 15) is 14.4 Å². The normalized spacial score (nSPS) is 32.3. The Morgan fingerprint density at radius 2 is 1.90 bits per heavy atom. The van der Waals surface area contributed by atoms with Gasteiger partial charge in [0, 0.05) is 44.2 Å². The summed E-state index contributed by atoms with van der Waals surface area (Å²) in [7, 11) is 0. The number of likely N-dealkylation sites (tertiary alicyclic amines) is 1. The van der Waals surface area contributed by atoms with E-state index in [0.717, 1.165) is 55.1 Å². The number of hydrogen-bond donors (Lipinski definition) is 2. The van der Waals surface area contributed by atoms with Gasteiger partial charge >= 0.3 is 0 Å². The van der Waals surface area contributed by atoms with Crippen molar-refractivity contribution in [3.05, 3.63) is 34.9 Å². The van der Waals surface area contributed by atoms with Crippen LogP contribution in [0.5, 0.6) is 0 Å². The third-order valence-electron chi connectivity index (χ3n) is 7.20. The number of carbonyl (C=O) groups is 3. The second-order valence-corrected chi connectivity index (χ2v) is 9.14. The van der Waals surface area contributed by atoms with E-state index < -0.39 is 6.04 Å². The van der Waals surface area contributed by atoms with Crippen LogP contribution in [0.3, 0.4) is 0 Å². The van der Waals surface area contributed by atoms with Gasteiger partial charge in [-0.2, -0.15) is 0 Å². The van der Waals surface area contributed by atoms with Crippen LogP contribution in [0.25, 0.3) is 0 Å². The molecule has 3 aliphatic heterocycles. The topological polar surface area (TPSA) is 95.7 Å². The van der Waals surface area contributed by atoms with Crippen molar-refractivity contribution < 1.29 is 14.4 Å². The van der Waals surface area contributed by atoms with Crippen molar-refractivity contribution in [2.45, 2.75) is 57.3 Å². The Hall–Kier alpha value is -2.25. The van der Waals surface area contributed by atoms with E-state index in [1.807, 2.05) is 18.2 Å². The van der Waals surface area contributed by atoms with Gasteiger partial charge in [0.2, 0.25) is 11.8 Å². The number of benzene rings is 1. The number of fused-ring (bicyclic) bond motifs is 2. The van der Waals surface area contributed by atoms with E-state index in [2.05, 4.69) is 10.2 Å². The summed E-state index contributed by atoms with van der Waals surface area (Å²) in [4.78, 5) is 41.1. The van der Waals surface area contributed by atoms with Gasteiger partial charge in [-0.15, -0.1) is 0 Å². The largest absolute Gasteiger partial charge is 0.328 e. The maximum Gasteiger partial charge on any atom is 0.255 e. The SMILES string of the molecule is NC1CCC2CN(Cc3cccc4c3C(=O)N(C3CCC(=O)NC3=O)C4)CC2C1. The number of nitrogens with two attached hydrogens (primary N) is 1. The highest BCUT2D eigenvalue weighted by Gasteiger charge is 2.41. The zero-order valence-electron chi connectivity index (χ0n) is 16.6. The van der Waals surface area contributed by atoms with Gasteiger partial charge in [-0.05, 0) is 48.6 Å². The van der Waals surface area contributed by atoms with E-state index in [4.69, 9.17) is 5.73 Å². The highest BCUT2D eigenvalue weighted by Crippen LogP contribution is 2.37. The number of piperidine rings is 1. The van der Waals surface area contributed by atoms with Crippen LogP contribution in [0.4, 0.5) is 0 Å². The average Bonchev–Trinajstić information content (AvgIpc) is 3.22. The molecule has 1 aromatic carbocycles. The molecule has 4 unspecified atom stereocenters. The molecule has 4 aliphatic rings. The van der Waals surface area contributed by atoms with Gasteiger partial charge in [0.05, 0.1) is 0 Å². The Morgan fingerprint density at radius 1 is 1.07 bits per heavy atom. The van der Waals surface area contributed by atoms with Crippen LogP contribution in [0.2, 0.25) is 0 Å². The molecule has 29 heavy (non-hydrogen) atoms. The number of imide groups is 1. The van der Waals surface area contributed by atoms with Crippen LogP contribution >= 0.6 is 0 Å². The molecule has 3 heterocycles. The fourth-order valence-electron chi connectivity index (χ4n) is 5.76. The Bertz CT molecular complexity index is 870. The lowest BCUT2D eigenvalue weighted by Gasteiger charge is -2.29. The molecule has 5 rings (SSSR count). The summed E-state index contributed by atoms with van der Waals surface area (Å²) in [6.45, 7) is 3.33. The molecule has 3 fully saturated rings. The van der Waals surface area contributed by atoms with Gasteiger partial charge < -0.3 is 10.6 Å². The standard InChI is InChI=1S/C22H28N4O3/c23-17-5-4-13-9-25(11-16(13)8-17)10-14-2-1-3-15-12-26(22(29)20(14)15)18-6-7-19(27)24-21(18)28/h1-3,13,16-18H,4-12,23H2,(H,24,27,28). The van der Waals surface area contributed by atoms with Crippen LogP contribution in [-0.4, -0.2) is 52.7 Å². The summed E-state index contributed by atoms with van der Waals surface area (Å²) in [6, 6.07) is 5.80. The van der Waals surface area contributed by atoms with Gasteiger partial charge in [-0.3, -0.25) is 24.6 Å². The quantitative estimate of drug-likeness (QED) is 0.744. The van der Waals surface area contributed by atoms with Gasteiger partial charge in [0.15, 0.2) is 0 Å². The molecular formula is C22H28N4O3. The van der Waals surface area contributed by atoms with Crippen molar-refractivity contribution in [2.24, 2.45) is 17.6 Å². The molecule has 0 spiro atoms. The van der Waals surface area contributed by atoms with Crippen molar-refractivity contribution in [3.8, 4) is 0 Å². The molecule has 154 valence electrons. The summed E-state index contributed by atoms with van der Waals surface area (Å²) < 4.78 is 0. The summed E-state index contributed by atoms with van der Waals surface area (Å²) in [5.74, 6) is 0.701. The first-order chi connectivity index (χ1) is 14.0. The molecule has 1 saturated carbocycles. The van der Waals surface area contributed by atoms with E-state index >= 15 is 0 Å². The number of carbonyl (C=O) groups excluding carboxylic acids is 3. The molecule has 3 amide bonds. The maximum absolute atomic E-state index is 13.2. The molecule has 7 heteroatoms. The molecule has 0 bridgehead atoms. The predicted molar refractivity (Wildman–Crippen MR) is 107 cm³/mol. The monoisotopic (exact) mass is 396 g/mol. The van der Waals surface area contributed by atoms with E-state index in [-0.39, 0.29) is 24.1 Å². The zero-order valence-corrected chi connectivity index (χ0v) is 16.6. The Morgan fingerprint density at radius 3 is 2.72 bits per heavy atom. The highest BCUT2D eigenvalue weighted by atomic mass is 16.2. The van der Waals surface area contributed by atoms with E-state index in [1.165, 1.54) is 6.42 Å². The molecule has 1 aromatic rings. The number of nitrogens with zero attached hydrogens (tertiary/aromatic N) is 2. The summed E-state index contributed by atoms with van der Waals surface area (Å²) >= 11 is 0. The fourth-order valence-corrected chi connectivity index (χ4v) is 5.76. The van der Waals surface area contributed by atoms with Gasteiger partial charge in [0.25, 0.3) is 5.91 Å². The lowest BCUT2D eigenvalue weighted by Crippen LogP contribution is -2.52. The fraction of sp³-hybridized carbons (Fsp3) is 0.591. The molecule has 0 aromatic heterocycles. The third-order valence-corrected chi connectivity index (χ3v) is 7.20. The molecular weight excluding hydrogens is 368 g/mol. The molecule has 2 saturated heterocycles. The molecule has 7 nitrogen and oxygen atoms in total. The highest BCUT2D eigenvalue weighted by molar-refractivity contribution is 6.05. The third kappa shape index (κ3) is 3.36. The van der Waals surface area contributed by atoms with Crippen molar-refractivity contribution >= 4 is 17.7 Å².